The second-order valence-electron chi connectivity index (χ2n) is 6.45. The van der Waals surface area contributed by atoms with Gasteiger partial charge in [0.2, 0.25) is 5.91 Å². The Hall–Kier alpha value is -2.51. The van der Waals surface area contributed by atoms with Crippen molar-refractivity contribution in [1.29, 1.82) is 0 Å². The number of piperazine rings is 1. The van der Waals surface area contributed by atoms with Gasteiger partial charge < -0.3 is 15.4 Å². The van der Waals surface area contributed by atoms with Gasteiger partial charge in [-0.05, 0) is 18.2 Å². The molecule has 2 aromatic rings. The molecular weight excluding hydrogens is 352 g/mol. The molecule has 1 amide bonds. The Labute approximate surface area is 157 Å². The number of rotatable bonds is 6. The van der Waals surface area contributed by atoms with E-state index in [9.17, 15) is 13.6 Å². The van der Waals surface area contributed by atoms with Crippen LogP contribution in [-0.2, 0) is 4.79 Å². The van der Waals surface area contributed by atoms with Gasteiger partial charge in [-0.2, -0.15) is 0 Å². The first-order chi connectivity index (χ1) is 13.1. The summed E-state index contributed by atoms with van der Waals surface area (Å²) in [6, 6.07) is 10.9. The fourth-order valence-electron chi connectivity index (χ4n) is 3.36. The predicted molar refractivity (Wildman–Crippen MR) is 99.8 cm³/mol. The molecule has 1 saturated heterocycles. The van der Waals surface area contributed by atoms with E-state index in [-0.39, 0.29) is 24.1 Å². The molecule has 1 aliphatic heterocycles. The summed E-state index contributed by atoms with van der Waals surface area (Å²) in [5.74, 6) is -0.902. The molecule has 1 atom stereocenters. The second kappa shape index (κ2) is 8.92. The molecule has 1 heterocycles. The Morgan fingerprint density at radius 2 is 2.00 bits per heavy atom. The number of methoxy groups -OCH3 is 1. The molecule has 3 rings (SSSR count). The largest absolute Gasteiger partial charge is 0.496 e. The van der Waals surface area contributed by atoms with Crippen molar-refractivity contribution in [3.8, 4) is 5.75 Å². The molecule has 7 heteroatoms. The van der Waals surface area contributed by atoms with E-state index in [1.54, 1.807) is 7.11 Å². The quantitative estimate of drug-likeness (QED) is 0.815. The highest BCUT2D eigenvalue weighted by Crippen LogP contribution is 2.30. The molecule has 2 N–H and O–H groups in total. The van der Waals surface area contributed by atoms with Gasteiger partial charge in [-0.15, -0.1) is 0 Å². The number of nitrogens with zero attached hydrogens (tertiary/aromatic N) is 1. The third-order valence-corrected chi connectivity index (χ3v) is 4.62. The van der Waals surface area contributed by atoms with Gasteiger partial charge in [0, 0.05) is 49.9 Å². The third-order valence-electron chi connectivity index (χ3n) is 4.62. The van der Waals surface area contributed by atoms with Crippen LogP contribution in [0.15, 0.2) is 42.5 Å². The summed E-state index contributed by atoms with van der Waals surface area (Å²) in [4.78, 5) is 14.4. The SMILES string of the molecule is COc1ccccc1C1CNCCN1CCC(=O)Nc1cc(F)cc(F)c1. The van der Waals surface area contributed by atoms with Crippen molar-refractivity contribution in [2.75, 3.05) is 38.6 Å². The fourth-order valence-corrected chi connectivity index (χ4v) is 3.36. The van der Waals surface area contributed by atoms with Gasteiger partial charge in [0.05, 0.1) is 13.2 Å². The summed E-state index contributed by atoms with van der Waals surface area (Å²) in [6.45, 7) is 2.93. The van der Waals surface area contributed by atoms with Gasteiger partial charge in [0.1, 0.15) is 17.4 Å². The molecule has 0 aliphatic carbocycles. The van der Waals surface area contributed by atoms with Crippen molar-refractivity contribution in [2.45, 2.75) is 12.5 Å². The van der Waals surface area contributed by atoms with Crippen LogP contribution in [0.25, 0.3) is 0 Å². The van der Waals surface area contributed by atoms with Crippen LogP contribution in [0.3, 0.4) is 0 Å². The number of nitrogens with one attached hydrogen (secondary N) is 2. The smallest absolute Gasteiger partial charge is 0.225 e. The molecule has 1 fully saturated rings. The maximum Gasteiger partial charge on any atom is 0.225 e. The lowest BCUT2D eigenvalue weighted by atomic mass is 10.0. The molecule has 27 heavy (non-hydrogen) atoms. The van der Waals surface area contributed by atoms with Gasteiger partial charge in [-0.1, -0.05) is 18.2 Å². The molecule has 0 saturated carbocycles. The number of halogens is 2. The number of amides is 1. The fraction of sp³-hybridized carbons (Fsp3) is 0.350. The average Bonchev–Trinajstić information content (AvgIpc) is 2.66. The number of anilines is 1. The topological polar surface area (TPSA) is 53.6 Å². The molecular formula is C20H23F2N3O2. The molecule has 0 spiro atoms. The van der Waals surface area contributed by atoms with Crippen LogP contribution >= 0.6 is 0 Å². The van der Waals surface area contributed by atoms with Crippen molar-refractivity contribution < 1.29 is 18.3 Å². The zero-order valence-corrected chi connectivity index (χ0v) is 15.2. The normalized spacial score (nSPS) is 17.5. The molecule has 1 aliphatic rings. The Balaban J connectivity index is 1.63. The number of carbonyl (C=O) groups is 1. The number of carbonyl (C=O) groups excluding carboxylic acids is 1. The average molecular weight is 375 g/mol. The Kier molecular flexibility index (Phi) is 6.36. The lowest BCUT2D eigenvalue weighted by molar-refractivity contribution is -0.116. The lowest BCUT2D eigenvalue weighted by Crippen LogP contribution is -2.46. The van der Waals surface area contributed by atoms with Crippen LogP contribution < -0.4 is 15.4 Å². The zero-order valence-electron chi connectivity index (χ0n) is 15.2. The van der Waals surface area contributed by atoms with Crippen LogP contribution in [0.4, 0.5) is 14.5 Å². The van der Waals surface area contributed by atoms with E-state index in [0.717, 1.165) is 49.1 Å². The first-order valence-corrected chi connectivity index (χ1v) is 8.90. The summed E-state index contributed by atoms with van der Waals surface area (Å²) in [6.07, 6.45) is 0.226. The van der Waals surface area contributed by atoms with Crippen molar-refractivity contribution in [2.24, 2.45) is 0 Å². The van der Waals surface area contributed by atoms with Crippen LogP contribution in [0.5, 0.6) is 5.75 Å². The van der Waals surface area contributed by atoms with Crippen molar-refractivity contribution in [3.05, 3.63) is 59.7 Å². The molecule has 1 unspecified atom stereocenters. The van der Waals surface area contributed by atoms with Crippen LogP contribution in [0.1, 0.15) is 18.0 Å². The maximum atomic E-state index is 13.2. The lowest BCUT2D eigenvalue weighted by Gasteiger charge is -2.37. The van der Waals surface area contributed by atoms with E-state index < -0.39 is 11.6 Å². The van der Waals surface area contributed by atoms with E-state index in [1.807, 2.05) is 24.3 Å². The third kappa shape index (κ3) is 5.02. The van der Waals surface area contributed by atoms with Gasteiger partial charge in [-0.3, -0.25) is 9.69 Å². The van der Waals surface area contributed by atoms with Crippen molar-refractivity contribution >= 4 is 11.6 Å². The summed E-state index contributed by atoms with van der Waals surface area (Å²) in [7, 11) is 1.64. The summed E-state index contributed by atoms with van der Waals surface area (Å²) in [5, 5.41) is 5.93. The maximum absolute atomic E-state index is 13.2. The number of benzene rings is 2. The Morgan fingerprint density at radius 3 is 2.74 bits per heavy atom. The van der Waals surface area contributed by atoms with Gasteiger partial charge >= 0.3 is 0 Å². The highest BCUT2D eigenvalue weighted by molar-refractivity contribution is 5.90. The van der Waals surface area contributed by atoms with Gasteiger partial charge in [-0.25, -0.2) is 8.78 Å². The van der Waals surface area contributed by atoms with Crippen LogP contribution in [0.2, 0.25) is 0 Å². The van der Waals surface area contributed by atoms with Crippen molar-refractivity contribution in [3.63, 3.8) is 0 Å². The molecule has 144 valence electrons. The van der Waals surface area contributed by atoms with E-state index in [0.29, 0.717) is 6.54 Å². The zero-order chi connectivity index (χ0) is 19.2. The van der Waals surface area contributed by atoms with Crippen LogP contribution in [0, 0.1) is 11.6 Å². The minimum Gasteiger partial charge on any atom is -0.496 e. The molecule has 0 bridgehead atoms. The number of hydrogen-bond acceptors (Lipinski definition) is 4. The van der Waals surface area contributed by atoms with E-state index >= 15 is 0 Å². The predicted octanol–water partition coefficient (Wildman–Crippen LogP) is 2.95. The second-order valence-corrected chi connectivity index (χ2v) is 6.45. The number of hydrogen-bond donors (Lipinski definition) is 2. The van der Waals surface area contributed by atoms with E-state index in [2.05, 4.69) is 15.5 Å². The minimum atomic E-state index is -0.719. The molecule has 0 radical (unpaired) electrons. The monoisotopic (exact) mass is 375 g/mol. The highest BCUT2D eigenvalue weighted by Gasteiger charge is 2.26. The molecule has 5 nitrogen and oxygen atoms in total. The molecule has 0 aromatic heterocycles. The van der Waals surface area contributed by atoms with E-state index in [1.165, 1.54) is 0 Å². The summed E-state index contributed by atoms with van der Waals surface area (Å²) >= 11 is 0. The van der Waals surface area contributed by atoms with Gasteiger partial charge in [0.25, 0.3) is 0 Å². The van der Waals surface area contributed by atoms with Gasteiger partial charge in [0.15, 0.2) is 0 Å². The summed E-state index contributed by atoms with van der Waals surface area (Å²) < 4.78 is 32.0. The number of ether oxygens (including phenoxy) is 1. The number of para-hydroxylation sites is 1. The molecule has 2 aromatic carbocycles. The Morgan fingerprint density at radius 1 is 1.26 bits per heavy atom. The van der Waals surface area contributed by atoms with Crippen molar-refractivity contribution in [1.82, 2.24) is 10.2 Å². The first-order valence-electron chi connectivity index (χ1n) is 8.90. The Bertz CT molecular complexity index is 780. The highest BCUT2D eigenvalue weighted by atomic mass is 19.1. The summed E-state index contributed by atoms with van der Waals surface area (Å²) in [5.41, 5.74) is 1.19. The van der Waals surface area contributed by atoms with Crippen LogP contribution in [-0.4, -0.2) is 44.1 Å². The minimum absolute atomic E-state index is 0.0920. The first kappa shape index (κ1) is 19.3. The van der Waals surface area contributed by atoms with E-state index in [4.69, 9.17) is 4.74 Å². The standard InChI is InChI=1S/C20H23F2N3O2/c1-27-19-5-3-2-4-17(19)18-13-23-7-9-25(18)8-6-20(26)24-16-11-14(21)10-15(22)12-16/h2-5,10-12,18,23H,6-9,13H2,1H3,(H,24,26).